The molecule has 0 saturated carbocycles. The molecular formula is C20H8S3. The van der Waals surface area contributed by atoms with E-state index in [1.807, 2.05) is 36.4 Å². The molecule has 3 heterocycles. The molecule has 106 valence electrons. The standard InChI is InChI=1S/C20H8S3/c1-3-15-5-7-17(21-15)9-11-19-13-14-20(23-19)12-10-18-8-6-16(4-2)22-18/h1-2,5-8,13-14H. The summed E-state index contributed by atoms with van der Waals surface area (Å²) in [5.74, 6) is 17.8. The highest BCUT2D eigenvalue weighted by Gasteiger charge is 1.97. The fourth-order valence-electron chi connectivity index (χ4n) is 1.68. The van der Waals surface area contributed by atoms with Crippen LogP contribution in [0.3, 0.4) is 0 Å². The van der Waals surface area contributed by atoms with Crippen molar-refractivity contribution in [2.75, 3.05) is 0 Å². The van der Waals surface area contributed by atoms with E-state index in [-0.39, 0.29) is 0 Å². The maximum atomic E-state index is 5.35. The SMILES string of the molecule is C#Cc1ccc(C#Cc2ccc(C#Cc3ccc(C#C)s3)s2)s1. The molecule has 0 aliphatic heterocycles. The van der Waals surface area contributed by atoms with E-state index in [0.717, 1.165) is 29.3 Å². The zero-order chi connectivity index (χ0) is 16.1. The van der Waals surface area contributed by atoms with Gasteiger partial charge in [0.05, 0.1) is 29.3 Å². The van der Waals surface area contributed by atoms with Crippen molar-refractivity contribution < 1.29 is 0 Å². The maximum absolute atomic E-state index is 5.35. The van der Waals surface area contributed by atoms with Crippen molar-refractivity contribution >= 4 is 34.0 Å². The summed E-state index contributed by atoms with van der Waals surface area (Å²) in [6, 6.07) is 11.7. The molecule has 0 aliphatic carbocycles. The smallest absolute Gasteiger partial charge is 0.0785 e. The Morgan fingerprint density at radius 1 is 0.478 bits per heavy atom. The fourth-order valence-corrected chi connectivity index (χ4v) is 3.74. The van der Waals surface area contributed by atoms with Crippen molar-refractivity contribution in [3.05, 3.63) is 65.7 Å². The van der Waals surface area contributed by atoms with Crippen LogP contribution in [0.1, 0.15) is 29.3 Å². The Morgan fingerprint density at radius 3 is 1.00 bits per heavy atom. The van der Waals surface area contributed by atoms with Gasteiger partial charge in [-0.1, -0.05) is 11.8 Å². The minimum atomic E-state index is 0.898. The molecule has 0 bridgehead atoms. The van der Waals surface area contributed by atoms with Crippen LogP contribution in [0.2, 0.25) is 0 Å². The monoisotopic (exact) mass is 344 g/mol. The van der Waals surface area contributed by atoms with Gasteiger partial charge < -0.3 is 0 Å². The van der Waals surface area contributed by atoms with Crippen molar-refractivity contribution in [3.63, 3.8) is 0 Å². The van der Waals surface area contributed by atoms with Crippen LogP contribution in [0, 0.1) is 48.4 Å². The lowest BCUT2D eigenvalue weighted by Gasteiger charge is -1.79. The summed E-state index contributed by atoms with van der Waals surface area (Å²) in [5, 5.41) is 0. The lowest BCUT2D eigenvalue weighted by molar-refractivity contribution is 1.86. The molecule has 3 aromatic heterocycles. The van der Waals surface area contributed by atoms with Gasteiger partial charge in [-0.05, 0) is 60.1 Å². The van der Waals surface area contributed by atoms with Crippen LogP contribution < -0.4 is 0 Å². The Morgan fingerprint density at radius 2 is 0.739 bits per heavy atom. The number of hydrogen-bond donors (Lipinski definition) is 0. The van der Waals surface area contributed by atoms with Crippen LogP contribution in [0.15, 0.2) is 36.4 Å². The van der Waals surface area contributed by atoms with Crippen molar-refractivity contribution in [2.24, 2.45) is 0 Å². The second-order valence-electron chi connectivity index (χ2n) is 4.28. The molecule has 0 aromatic carbocycles. The maximum Gasteiger partial charge on any atom is 0.0785 e. The van der Waals surface area contributed by atoms with Gasteiger partial charge in [0, 0.05) is 0 Å². The first-order valence-electron chi connectivity index (χ1n) is 6.53. The molecule has 0 nitrogen and oxygen atoms in total. The van der Waals surface area contributed by atoms with Gasteiger partial charge >= 0.3 is 0 Å². The summed E-state index contributed by atoms with van der Waals surface area (Å²) in [7, 11) is 0. The minimum Gasteiger partial charge on any atom is -0.118 e. The predicted molar refractivity (Wildman–Crippen MR) is 101 cm³/mol. The van der Waals surface area contributed by atoms with Crippen molar-refractivity contribution in [1.29, 1.82) is 0 Å². The number of terminal acetylenes is 2. The van der Waals surface area contributed by atoms with E-state index in [0.29, 0.717) is 0 Å². The lowest BCUT2D eigenvalue weighted by Crippen LogP contribution is -1.63. The third-order valence-corrected chi connectivity index (χ3v) is 5.50. The Kier molecular flexibility index (Phi) is 4.68. The second kappa shape index (κ2) is 7.07. The lowest BCUT2D eigenvalue weighted by atomic mass is 10.3. The molecule has 0 amide bonds. The number of thiophene rings is 3. The summed E-state index contributed by atoms with van der Waals surface area (Å²) < 4.78 is 0. The molecule has 3 aromatic rings. The molecule has 0 aliphatic rings. The predicted octanol–water partition coefficient (Wildman–Crippen LogP) is 4.63. The van der Waals surface area contributed by atoms with E-state index in [4.69, 9.17) is 12.8 Å². The van der Waals surface area contributed by atoms with Gasteiger partial charge in [0.25, 0.3) is 0 Å². The topological polar surface area (TPSA) is 0 Å². The van der Waals surface area contributed by atoms with Crippen LogP contribution in [0.4, 0.5) is 0 Å². The van der Waals surface area contributed by atoms with Gasteiger partial charge in [-0.15, -0.1) is 46.9 Å². The average Bonchev–Trinajstić information content (AvgIpc) is 3.30. The Hall–Kier alpha value is -2.66. The molecule has 3 rings (SSSR count). The fraction of sp³-hybridized carbons (Fsp3) is 0. The van der Waals surface area contributed by atoms with Crippen molar-refractivity contribution in [2.45, 2.75) is 0 Å². The van der Waals surface area contributed by atoms with Gasteiger partial charge in [0.1, 0.15) is 0 Å². The largest absolute Gasteiger partial charge is 0.118 e. The molecule has 0 radical (unpaired) electrons. The zero-order valence-electron chi connectivity index (χ0n) is 11.8. The first-order chi connectivity index (χ1) is 11.3. The summed E-state index contributed by atoms with van der Waals surface area (Å²) in [5.41, 5.74) is 0. The molecular weight excluding hydrogens is 336 g/mol. The highest BCUT2D eigenvalue weighted by Crippen LogP contribution is 2.18. The highest BCUT2D eigenvalue weighted by molar-refractivity contribution is 7.14. The van der Waals surface area contributed by atoms with Gasteiger partial charge in [0.15, 0.2) is 0 Å². The molecule has 0 atom stereocenters. The third kappa shape index (κ3) is 3.96. The van der Waals surface area contributed by atoms with E-state index < -0.39 is 0 Å². The molecule has 0 fully saturated rings. The van der Waals surface area contributed by atoms with Crippen LogP contribution in [-0.2, 0) is 0 Å². The van der Waals surface area contributed by atoms with Gasteiger partial charge in [-0.3, -0.25) is 0 Å². The third-order valence-electron chi connectivity index (χ3n) is 2.72. The Bertz CT molecular complexity index is 965. The van der Waals surface area contributed by atoms with Gasteiger partial charge in [-0.25, -0.2) is 0 Å². The quantitative estimate of drug-likeness (QED) is 0.522. The number of hydrogen-bond acceptors (Lipinski definition) is 3. The summed E-state index contributed by atoms with van der Waals surface area (Å²) in [4.78, 5) is 5.71. The van der Waals surface area contributed by atoms with Crippen LogP contribution in [0.5, 0.6) is 0 Å². The first kappa shape index (κ1) is 15.2. The van der Waals surface area contributed by atoms with Crippen molar-refractivity contribution in [3.8, 4) is 48.4 Å². The van der Waals surface area contributed by atoms with E-state index in [1.165, 1.54) is 22.7 Å². The molecule has 3 heteroatoms. The van der Waals surface area contributed by atoms with E-state index >= 15 is 0 Å². The molecule has 0 spiro atoms. The Balaban J connectivity index is 1.74. The van der Waals surface area contributed by atoms with Crippen molar-refractivity contribution in [1.82, 2.24) is 0 Å². The molecule has 0 saturated heterocycles. The summed E-state index contributed by atoms with van der Waals surface area (Å²) >= 11 is 4.62. The zero-order valence-corrected chi connectivity index (χ0v) is 14.3. The normalized spacial score (nSPS) is 8.96. The summed E-state index contributed by atoms with van der Waals surface area (Å²) in [6.45, 7) is 0. The van der Waals surface area contributed by atoms with Gasteiger partial charge in [0.2, 0.25) is 0 Å². The van der Waals surface area contributed by atoms with Crippen LogP contribution in [-0.4, -0.2) is 0 Å². The first-order valence-corrected chi connectivity index (χ1v) is 8.98. The molecule has 0 N–H and O–H groups in total. The molecule has 23 heavy (non-hydrogen) atoms. The summed E-state index contributed by atoms with van der Waals surface area (Å²) in [6.07, 6.45) is 10.7. The average molecular weight is 344 g/mol. The minimum absolute atomic E-state index is 0.898. The highest BCUT2D eigenvalue weighted by atomic mass is 32.1. The van der Waals surface area contributed by atoms with Crippen LogP contribution >= 0.6 is 34.0 Å². The van der Waals surface area contributed by atoms with Gasteiger partial charge in [-0.2, -0.15) is 0 Å². The second-order valence-corrected chi connectivity index (χ2v) is 7.53. The van der Waals surface area contributed by atoms with E-state index in [9.17, 15) is 0 Å². The van der Waals surface area contributed by atoms with E-state index in [1.54, 1.807) is 11.3 Å². The van der Waals surface area contributed by atoms with Crippen LogP contribution in [0.25, 0.3) is 0 Å². The van der Waals surface area contributed by atoms with E-state index in [2.05, 4.69) is 35.5 Å². The Labute approximate surface area is 147 Å². The number of rotatable bonds is 0. The molecule has 0 unspecified atom stereocenters.